The average molecular weight is 605 g/mol. The summed E-state index contributed by atoms with van der Waals surface area (Å²) in [5, 5.41) is 0.376. The first-order valence-corrected chi connectivity index (χ1v) is 13.8. The molecule has 0 aliphatic carbocycles. The number of halogens is 6. The Morgan fingerprint density at radius 1 is 1.02 bits per heavy atom. The van der Waals surface area contributed by atoms with Crippen molar-refractivity contribution in [3.05, 3.63) is 111 Å². The van der Waals surface area contributed by atoms with Crippen LogP contribution in [0.1, 0.15) is 39.9 Å². The number of ether oxygens (including phenoxy) is 2. The van der Waals surface area contributed by atoms with Crippen molar-refractivity contribution in [3.8, 4) is 22.6 Å². The Morgan fingerprint density at radius 3 is 2.45 bits per heavy atom. The molecule has 3 heterocycles. The standard InChI is InChI=1S/C30H22F6N2O3S/c1-15-18(13-19-20(29(32,33)34)8-5-9-21(19)31)28-38(22(14-42-28)26(37)16-6-3-2-4-7-16)27(39)25(15)17-10-11-23-24(12-17)41-30(35,36)40-23/h2-12,22,26H,13-14,37H2,1H3. The quantitative estimate of drug-likeness (QED) is 0.243. The van der Waals surface area contributed by atoms with E-state index in [1.54, 1.807) is 31.2 Å². The minimum Gasteiger partial charge on any atom is -0.395 e. The topological polar surface area (TPSA) is 66.5 Å². The highest BCUT2D eigenvalue weighted by molar-refractivity contribution is 7.99. The van der Waals surface area contributed by atoms with Gasteiger partial charge >= 0.3 is 12.5 Å². The highest BCUT2D eigenvalue weighted by Crippen LogP contribution is 2.46. The van der Waals surface area contributed by atoms with Crippen molar-refractivity contribution >= 4 is 11.8 Å². The van der Waals surface area contributed by atoms with Gasteiger partial charge in [-0.3, -0.25) is 9.36 Å². The average Bonchev–Trinajstić information content (AvgIpc) is 3.51. The summed E-state index contributed by atoms with van der Waals surface area (Å²) in [7, 11) is 0. The molecule has 42 heavy (non-hydrogen) atoms. The second kappa shape index (κ2) is 10.1. The molecule has 2 unspecified atom stereocenters. The summed E-state index contributed by atoms with van der Waals surface area (Å²) >= 11 is 1.25. The van der Waals surface area contributed by atoms with E-state index in [0.717, 1.165) is 23.8 Å². The van der Waals surface area contributed by atoms with Crippen molar-refractivity contribution in [2.75, 3.05) is 5.75 Å². The van der Waals surface area contributed by atoms with Gasteiger partial charge in [-0.15, -0.1) is 20.5 Å². The number of aromatic nitrogens is 1. The van der Waals surface area contributed by atoms with Crippen LogP contribution >= 0.6 is 11.8 Å². The lowest BCUT2D eigenvalue weighted by Gasteiger charge is -2.25. The van der Waals surface area contributed by atoms with Gasteiger partial charge in [-0.1, -0.05) is 42.5 Å². The van der Waals surface area contributed by atoms with Gasteiger partial charge in [0.2, 0.25) is 0 Å². The smallest absolute Gasteiger partial charge is 0.395 e. The molecule has 2 aliphatic heterocycles. The van der Waals surface area contributed by atoms with E-state index >= 15 is 4.39 Å². The summed E-state index contributed by atoms with van der Waals surface area (Å²) < 4.78 is 94.7. The number of pyridine rings is 1. The van der Waals surface area contributed by atoms with Crippen LogP contribution in [0, 0.1) is 12.7 Å². The molecule has 0 radical (unpaired) electrons. The Bertz CT molecular complexity index is 1760. The number of benzene rings is 3. The van der Waals surface area contributed by atoms with E-state index in [1.807, 2.05) is 6.07 Å². The molecule has 0 spiro atoms. The van der Waals surface area contributed by atoms with Crippen LogP contribution < -0.4 is 20.8 Å². The molecule has 3 aromatic carbocycles. The van der Waals surface area contributed by atoms with E-state index in [4.69, 9.17) is 5.73 Å². The maximum absolute atomic E-state index is 15.0. The summed E-state index contributed by atoms with van der Waals surface area (Å²) in [5.74, 6) is -1.24. The Balaban J connectivity index is 1.57. The number of nitrogens with two attached hydrogens (primary N) is 1. The Morgan fingerprint density at radius 2 is 1.74 bits per heavy atom. The van der Waals surface area contributed by atoms with Gasteiger partial charge in [0.05, 0.1) is 28.2 Å². The summed E-state index contributed by atoms with van der Waals surface area (Å²) in [4.78, 5) is 14.2. The lowest BCUT2D eigenvalue weighted by Crippen LogP contribution is -2.33. The third-order valence-electron chi connectivity index (χ3n) is 7.53. The van der Waals surface area contributed by atoms with Crippen molar-refractivity contribution in [1.29, 1.82) is 0 Å². The molecule has 0 bridgehead atoms. The summed E-state index contributed by atoms with van der Waals surface area (Å²) in [6.07, 6.45) is -9.19. The van der Waals surface area contributed by atoms with E-state index in [-0.39, 0.29) is 28.2 Å². The largest absolute Gasteiger partial charge is 0.586 e. The van der Waals surface area contributed by atoms with Crippen LogP contribution in [0.25, 0.3) is 11.1 Å². The zero-order valence-electron chi connectivity index (χ0n) is 21.8. The van der Waals surface area contributed by atoms with Gasteiger partial charge in [0, 0.05) is 17.7 Å². The van der Waals surface area contributed by atoms with Crippen LogP contribution in [-0.4, -0.2) is 16.6 Å². The molecule has 6 rings (SSSR count). The normalized spacial score (nSPS) is 17.8. The minimum atomic E-state index is -4.82. The van der Waals surface area contributed by atoms with Crippen molar-refractivity contribution in [2.24, 2.45) is 5.73 Å². The molecule has 0 fully saturated rings. The number of fused-ring (bicyclic) bond motifs is 2. The molecule has 218 valence electrons. The van der Waals surface area contributed by atoms with Crippen LogP contribution in [0.15, 0.2) is 76.6 Å². The number of hydrogen-bond acceptors (Lipinski definition) is 5. The maximum atomic E-state index is 15.0. The molecule has 1 aromatic heterocycles. The number of alkyl halides is 5. The van der Waals surface area contributed by atoms with Gasteiger partial charge < -0.3 is 15.2 Å². The molecule has 12 heteroatoms. The molecule has 0 saturated heterocycles. The van der Waals surface area contributed by atoms with Crippen LogP contribution in [0.5, 0.6) is 11.5 Å². The summed E-state index contributed by atoms with van der Waals surface area (Å²) in [5.41, 5.74) is 5.98. The first-order chi connectivity index (χ1) is 19.9. The van der Waals surface area contributed by atoms with Gasteiger partial charge in [-0.05, 0) is 53.4 Å². The number of hydrogen-bond donors (Lipinski definition) is 1. The van der Waals surface area contributed by atoms with Crippen LogP contribution in [0.4, 0.5) is 26.3 Å². The van der Waals surface area contributed by atoms with Crippen LogP contribution in [0.3, 0.4) is 0 Å². The Kier molecular flexibility index (Phi) is 6.81. The second-order valence-electron chi connectivity index (χ2n) is 10.0. The molecule has 0 saturated carbocycles. The van der Waals surface area contributed by atoms with Crippen molar-refractivity contribution in [2.45, 2.75) is 42.9 Å². The van der Waals surface area contributed by atoms with Crippen LogP contribution in [0.2, 0.25) is 0 Å². The molecule has 4 aromatic rings. The lowest BCUT2D eigenvalue weighted by molar-refractivity contribution is -0.286. The second-order valence-corrected chi connectivity index (χ2v) is 11.1. The van der Waals surface area contributed by atoms with Crippen molar-refractivity contribution in [1.82, 2.24) is 4.57 Å². The zero-order chi connectivity index (χ0) is 30.0. The Hall–Kier alpha value is -3.90. The Labute approximate surface area is 239 Å². The minimum absolute atomic E-state index is 0.0491. The summed E-state index contributed by atoms with van der Waals surface area (Å²) in [6, 6.07) is 14.4. The third kappa shape index (κ3) is 4.82. The van der Waals surface area contributed by atoms with Gasteiger partial charge in [-0.25, -0.2) is 4.39 Å². The van der Waals surface area contributed by atoms with E-state index in [2.05, 4.69) is 9.47 Å². The molecular formula is C30H22F6N2O3S. The fraction of sp³-hybridized carbons (Fsp3) is 0.233. The first-order valence-electron chi connectivity index (χ1n) is 12.8. The molecule has 0 amide bonds. The van der Waals surface area contributed by atoms with Crippen molar-refractivity contribution in [3.63, 3.8) is 0 Å². The third-order valence-corrected chi connectivity index (χ3v) is 8.75. The molecule has 2 N–H and O–H groups in total. The molecule has 2 aliphatic rings. The fourth-order valence-electron chi connectivity index (χ4n) is 5.52. The highest BCUT2D eigenvalue weighted by Gasteiger charge is 2.44. The predicted molar refractivity (Wildman–Crippen MR) is 144 cm³/mol. The van der Waals surface area contributed by atoms with E-state index in [0.29, 0.717) is 16.3 Å². The molecular weight excluding hydrogens is 582 g/mol. The highest BCUT2D eigenvalue weighted by atomic mass is 32.2. The van der Waals surface area contributed by atoms with Gasteiger partial charge in [-0.2, -0.15) is 13.2 Å². The van der Waals surface area contributed by atoms with E-state index < -0.39 is 53.5 Å². The molecule has 5 nitrogen and oxygen atoms in total. The summed E-state index contributed by atoms with van der Waals surface area (Å²) in [6.45, 7) is 1.55. The lowest BCUT2D eigenvalue weighted by atomic mass is 9.92. The van der Waals surface area contributed by atoms with E-state index in [9.17, 15) is 26.7 Å². The zero-order valence-corrected chi connectivity index (χ0v) is 22.7. The van der Waals surface area contributed by atoms with Crippen LogP contribution in [-0.2, 0) is 12.6 Å². The maximum Gasteiger partial charge on any atom is 0.586 e. The number of thioether (sulfide) groups is 1. The van der Waals surface area contributed by atoms with Gasteiger partial charge in [0.15, 0.2) is 11.5 Å². The van der Waals surface area contributed by atoms with Gasteiger partial charge in [0.25, 0.3) is 5.56 Å². The monoisotopic (exact) mass is 604 g/mol. The SMILES string of the molecule is Cc1c(Cc2c(F)cccc2C(F)(F)F)c2n(c(=O)c1-c1ccc3c(c1)OC(F)(F)O3)C(C(N)c1ccccc1)CS2. The predicted octanol–water partition coefficient (Wildman–Crippen LogP) is 7.24. The van der Waals surface area contributed by atoms with Crippen molar-refractivity contribution < 1.29 is 35.8 Å². The first kappa shape index (κ1) is 28.2. The van der Waals surface area contributed by atoms with E-state index in [1.165, 1.54) is 34.5 Å². The number of nitrogens with zero attached hydrogens (tertiary/aromatic N) is 1. The fourth-order valence-corrected chi connectivity index (χ4v) is 6.96. The molecule has 2 atom stereocenters. The number of rotatable bonds is 5. The van der Waals surface area contributed by atoms with Gasteiger partial charge in [0.1, 0.15) is 5.82 Å².